The van der Waals surface area contributed by atoms with Gasteiger partial charge in [-0.05, 0) is 31.2 Å². The summed E-state index contributed by atoms with van der Waals surface area (Å²) in [4.78, 5) is 28.9. The van der Waals surface area contributed by atoms with Crippen LogP contribution in [0.15, 0.2) is 11.6 Å². The molecule has 7 heteroatoms. The van der Waals surface area contributed by atoms with Gasteiger partial charge in [0.2, 0.25) is 5.91 Å². The second-order valence-corrected chi connectivity index (χ2v) is 6.49. The fourth-order valence-corrected chi connectivity index (χ4v) is 3.33. The molecule has 2 N–H and O–H groups in total. The van der Waals surface area contributed by atoms with Crippen LogP contribution in [0.3, 0.4) is 0 Å². The SMILES string of the molecule is CC(CC(=O)O)C1CCCN(CC(=O)Nc2nccs2)C1. The molecule has 1 saturated heterocycles. The van der Waals surface area contributed by atoms with Gasteiger partial charge < -0.3 is 10.4 Å². The first-order chi connectivity index (χ1) is 10.0. The third-order valence-electron chi connectivity index (χ3n) is 3.89. The summed E-state index contributed by atoms with van der Waals surface area (Å²) < 4.78 is 0. The molecule has 0 radical (unpaired) electrons. The van der Waals surface area contributed by atoms with Crippen molar-refractivity contribution in [2.75, 3.05) is 25.0 Å². The van der Waals surface area contributed by atoms with Crippen LogP contribution >= 0.6 is 11.3 Å². The van der Waals surface area contributed by atoms with Gasteiger partial charge in [0.05, 0.1) is 6.54 Å². The Kier molecular flexibility index (Phi) is 5.69. The number of amides is 1. The van der Waals surface area contributed by atoms with Gasteiger partial charge >= 0.3 is 5.97 Å². The molecule has 1 aromatic heterocycles. The second kappa shape index (κ2) is 7.51. The lowest BCUT2D eigenvalue weighted by Crippen LogP contribution is -2.42. The van der Waals surface area contributed by atoms with Crippen molar-refractivity contribution in [3.8, 4) is 0 Å². The lowest BCUT2D eigenvalue weighted by molar-refractivity contribution is -0.138. The number of piperidine rings is 1. The molecule has 1 amide bonds. The van der Waals surface area contributed by atoms with Crippen LogP contribution in [0.1, 0.15) is 26.2 Å². The largest absolute Gasteiger partial charge is 0.481 e. The second-order valence-electron chi connectivity index (χ2n) is 5.60. The smallest absolute Gasteiger partial charge is 0.303 e. The number of hydrogen-bond donors (Lipinski definition) is 2. The number of nitrogens with one attached hydrogen (secondary N) is 1. The van der Waals surface area contributed by atoms with Crippen LogP contribution in [0.2, 0.25) is 0 Å². The molecular weight excluding hydrogens is 290 g/mol. The molecule has 21 heavy (non-hydrogen) atoms. The van der Waals surface area contributed by atoms with Crippen LogP contribution in [0, 0.1) is 11.8 Å². The van der Waals surface area contributed by atoms with Crippen molar-refractivity contribution < 1.29 is 14.7 Å². The Bertz CT molecular complexity index is 478. The fourth-order valence-electron chi connectivity index (χ4n) is 2.79. The Labute approximate surface area is 128 Å². The Hall–Kier alpha value is -1.47. The summed E-state index contributed by atoms with van der Waals surface area (Å²) >= 11 is 1.40. The molecule has 1 aliphatic rings. The topological polar surface area (TPSA) is 82.5 Å². The quantitative estimate of drug-likeness (QED) is 0.838. The van der Waals surface area contributed by atoms with E-state index in [-0.39, 0.29) is 18.2 Å². The van der Waals surface area contributed by atoms with Crippen LogP contribution in [-0.2, 0) is 9.59 Å². The first-order valence-electron chi connectivity index (χ1n) is 7.18. The Morgan fingerprint density at radius 2 is 2.43 bits per heavy atom. The highest BCUT2D eigenvalue weighted by Gasteiger charge is 2.26. The van der Waals surface area contributed by atoms with Crippen LogP contribution in [0.25, 0.3) is 0 Å². The summed E-state index contributed by atoms with van der Waals surface area (Å²) in [7, 11) is 0. The molecule has 116 valence electrons. The summed E-state index contributed by atoms with van der Waals surface area (Å²) in [5.74, 6) is -0.313. The number of aliphatic carboxylic acids is 1. The van der Waals surface area contributed by atoms with Gasteiger partial charge in [-0.3, -0.25) is 14.5 Å². The molecule has 0 aliphatic carbocycles. The number of likely N-dealkylation sites (tertiary alicyclic amines) is 1. The first-order valence-corrected chi connectivity index (χ1v) is 8.06. The van der Waals surface area contributed by atoms with Crippen LogP contribution in [0.5, 0.6) is 0 Å². The van der Waals surface area contributed by atoms with E-state index >= 15 is 0 Å². The molecular formula is C14H21N3O3S. The highest BCUT2D eigenvalue weighted by atomic mass is 32.1. The average Bonchev–Trinajstić information content (AvgIpc) is 2.91. The minimum absolute atomic E-state index is 0.0588. The molecule has 1 aliphatic heterocycles. The van der Waals surface area contributed by atoms with Crippen LogP contribution < -0.4 is 5.32 Å². The van der Waals surface area contributed by atoms with Gasteiger partial charge in [0.25, 0.3) is 0 Å². The summed E-state index contributed by atoms with van der Waals surface area (Å²) in [6.45, 7) is 4.01. The number of carboxylic acid groups (broad SMARTS) is 1. The number of carbonyl (C=O) groups is 2. The molecule has 2 rings (SSSR count). The normalized spacial score (nSPS) is 20.9. The zero-order chi connectivity index (χ0) is 15.2. The van der Waals surface area contributed by atoms with Gasteiger partial charge in [-0.25, -0.2) is 4.98 Å². The summed E-state index contributed by atoms with van der Waals surface area (Å²) in [6, 6.07) is 0. The zero-order valence-electron chi connectivity index (χ0n) is 12.1. The molecule has 2 heterocycles. The zero-order valence-corrected chi connectivity index (χ0v) is 12.9. The van der Waals surface area contributed by atoms with Crippen LogP contribution in [-0.4, -0.2) is 46.5 Å². The van der Waals surface area contributed by atoms with Gasteiger partial charge in [-0.1, -0.05) is 6.92 Å². The number of thiazole rings is 1. The van der Waals surface area contributed by atoms with Crippen molar-refractivity contribution in [1.82, 2.24) is 9.88 Å². The molecule has 1 fully saturated rings. The first kappa shape index (κ1) is 15.9. The van der Waals surface area contributed by atoms with E-state index in [2.05, 4.69) is 15.2 Å². The average molecular weight is 311 g/mol. The number of aromatic nitrogens is 1. The highest BCUT2D eigenvalue weighted by Crippen LogP contribution is 2.26. The van der Waals surface area contributed by atoms with Gasteiger partial charge in [-0.2, -0.15) is 0 Å². The van der Waals surface area contributed by atoms with Gasteiger partial charge in [0.15, 0.2) is 5.13 Å². The number of carbonyl (C=O) groups excluding carboxylic acids is 1. The van der Waals surface area contributed by atoms with Crippen molar-refractivity contribution in [1.29, 1.82) is 0 Å². The van der Waals surface area contributed by atoms with E-state index in [4.69, 9.17) is 5.11 Å². The van der Waals surface area contributed by atoms with E-state index in [0.29, 0.717) is 17.6 Å². The highest BCUT2D eigenvalue weighted by molar-refractivity contribution is 7.13. The molecule has 6 nitrogen and oxygen atoms in total. The Morgan fingerprint density at radius 1 is 1.62 bits per heavy atom. The number of nitrogens with zero attached hydrogens (tertiary/aromatic N) is 2. The van der Waals surface area contributed by atoms with Crippen molar-refractivity contribution in [2.45, 2.75) is 26.2 Å². The molecule has 0 aromatic carbocycles. The third kappa shape index (κ3) is 5.09. The van der Waals surface area contributed by atoms with E-state index in [9.17, 15) is 9.59 Å². The monoisotopic (exact) mass is 311 g/mol. The maximum absolute atomic E-state index is 12.0. The molecule has 2 unspecified atom stereocenters. The maximum atomic E-state index is 12.0. The maximum Gasteiger partial charge on any atom is 0.303 e. The Balaban J connectivity index is 1.80. The minimum Gasteiger partial charge on any atom is -0.481 e. The minimum atomic E-state index is -0.749. The molecule has 0 bridgehead atoms. The summed E-state index contributed by atoms with van der Waals surface area (Å²) in [5, 5.41) is 14.1. The van der Waals surface area contributed by atoms with Crippen molar-refractivity contribution in [3.05, 3.63) is 11.6 Å². The lowest BCUT2D eigenvalue weighted by atomic mass is 9.84. The van der Waals surface area contributed by atoms with E-state index < -0.39 is 5.97 Å². The van der Waals surface area contributed by atoms with Crippen LogP contribution in [0.4, 0.5) is 5.13 Å². The summed E-state index contributed by atoms with van der Waals surface area (Å²) in [5.41, 5.74) is 0. The predicted molar refractivity (Wildman–Crippen MR) is 81.3 cm³/mol. The van der Waals surface area contributed by atoms with Gasteiger partial charge in [0.1, 0.15) is 0 Å². The number of carboxylic acids is 1. The van der Waals surface area contributed by atoms with E-state index in [1.54, 1.807) is 6.20 Å². The van der Waals surface area contributed by atoms with Crippen molar-refractivity contribution in [3.63, 3.8) is 0 Å². The fraction of sp³-hybridized carbons (Fsp3) is 0.643. The van der Waals surface area contributed by atoms with E-state index in [1.807, 2.05) is 12.3 Å². The predicted octanol–water partition coefficient (Wildman–Crippen LogP) is 1.90. The molecule has 1 aromatic rings. The number of hydrogen-bond acceptors (Lipinski definition) is 5. The van der Waals surface area contributed by atoms with E-state index in [1.165, 1.54) is 11.3 Å². The van der Waals surface area contributed by atoms with Gasteiger partial charge in [0, 0.05) is 24.5 Å². The number of anilines is 1. The van der Waals surface area contributed by atoms with Crippen molar-refractivity contribution in [2.24, 2.45) is 11.8 Å². The van der Waals surface area contributed by atoms with Crippen molar-refractivity contribution >= 4 is 28.3 Å². The standard InChI is InChI=1S/C14H21N3O3S/c1-10(7-13(19)20)11-3-2-5-17(8-11)9-12(18)16-14-15-4-6-21-14/h4,6,10-11H,2-3,5,7-9H2,1H3,(H,19,20)(H,15,16,18). The van der Waals surface area contributed by atoms with Gasteiger partial charge in [-0.15, -0.1) is 11.3 Å². The molecule has 0 saturated carbocycles. The Morgan fingerprint density at radius 3 is 3.10 bits per heavy atom. The molecule has 0 spiro atoms. The van der Waals surface area contributed by atoms with E-state index in [0.717, 1.165) is 25.9 Å². The molecule has 2 atom stereocenters. The third-order valence-corrected chi connectivity index (χ3v) is 4.58. The lowest BCUT2D eigenvalue weighted by Gasteiger charge is -2.34. The number of rotatable bonds is 6. The summed E-state index contributed by atoms with van der Waals surface area (Å²) in [6.07, 6.45) is 3.91.